The second-order valence-corrected chi connectivity index (χ2v) is 7.52. The fraction of sp³-hybridized carbons (Fsp3) is 0.391. The average Bonchev–Trinajstić information content (AvgIpc) is 3.24. The molecule has 8 nitrogen and oxygen atoms in total. The number of carbonyl (C=O) groups is 2. The van der Waals surface area contributed by atoms with E-state index in [4.69, 9.17) is 29.3 Å². The lowest BCUT2D eigenvalue weighted by atomic mass is 10.1. The predicted octanol–water partition coefficient (Wildman–Crippen LogP) is 2.45. The molecule has 2 aliphatic rings. The Hall–Kier alpha value is -3.10. The molecule has 0 amide bonds. The van der Waals surface area contributed by atoms with Gasteiger partial charge in [0.05, 0.1) is 0 Å². The normalized spacial score (nSPS) is 15.8. The Bertz CT molecular complexity index is 879. The Labute approximate surface area is 181 Å². The van der Waals surface area contributed by atoms with Gasteiger partial charge >= 0.3 is 11.9 Å². The molecule has 31 heavy (non-hydrogen) atoms. The van der Waals surface area contributed by atoms with Crippen molar-refractivity contribution in [3.05, 3.63) is 59.2 Å². The molecule has 0 saturated carbocycles. The number of nitrogens with zero attached hydrogens (tertiary/aromatic N) is 2. The summed E-state index contributed by atoms with van der Waals surface area (Å²) in [6.45, 7) is 9.06. The van der Waals surface area contributed by atoms with Gasteiger partial charge in [0.1, 0.15) is 0 Å². The van der Waals surface area contributed by atoms with Crippen LogP contribution in [0.15, 0.2) is 42.5 Å². The van der Waals surface area contributed by atoms with Crippen LogP contribution in [-0.4, -0.2) is 64.9 Å². The van der Waals surface area contributed by atoms with Crippen molar-refractivity contribution in [2.75, 3.05) is 33.0 Å². The molecular weight excluding hydrogens is 400 g/mol. The molecule has 0 radical (unpaired) electrons. The summed E-state index contributed by atoms with van der Waals surface area (Å²) in [6, 6.07) is 15.3. The molecule has 0 bridgehead atoms. The molecule has 2 aromatic carbocycles. The van der Waals surface area contributed by atoms with E-state index >= 15 is 0 Å². The lowest BCUT2D eigenvalue weighted by Crippen LogP contribution is -2.45. The van der Waals surface area contributed by atoms with E-state index in [9.17, 15) is 0 Å². The molecule has 0 aliphatic carbocycles. The number of piperazine rings is 1. The van der Waals surface area contributed by atoms with Gasteiger partial charge in [-0.1, -0.05) is 37.3 Å². The Morgan fingerprint density at radius 2 is 1.26 bits per heavy atom. The van der Waals surface area contributed by atoms with Crippen LogP contribution in [0.5, 0.6) is 11.5 Å². The first kappa shape index (κ1) is 22.6. The van der Waals surface area contributed by atoms with Crippen LogP contribution in [-0.2, 0) is 29.1 Å². The zero-order valence-electron chi connectivity index (χ0n) is 17.6. The highest BCUT2D eigenvalue weighted by atomic mass is 16.7. The van der Waals surface area contributed by atoms with Crippen LogP contribution >= 0.6 is 0 Å². The third-order valence-electron chi connectivity index (χ3n) is 5.33. The van der Waals surface area contributed by atoms with Crippen molar-refractivity contribution in [3.63, 3.8) is 0 Å². The van der Waals surface area contributed by atoms with Gasteiger partial charge in [-0.15, -0.1) is 0 Å². The minimum atomic E-state index is -1.82. The van der Waals surface area contributed by atoms with Crippen LogP contribution < -0.4 is 9.47 Å². The molecule has 0 aromatic heterocycles. The van der Waals surface area contributed by atoms with Gasteiger partial charge in [0.25, 0.3) is 0 Å². The minimum Gasteiger partial charge on any atom is -0.473 e. The second kappa shape index (κ2) is 10.8. The van der Waals surface area contributed by atoms with Gasteiger partial charge < -0.3 is 19.7 Å². The van der Waals surface area contributed by atoms with E-state index < -0.39 is 11.9 Å². The summed E-state index contributed by atoms with van der Waals surface area (Å²) in [7, 11) is 0. The number of hydrogen-bond donors (Lipinski definition) is 2. The maximum absolute atomic E-state index is 9.10. The van der Waals surface area contributed by atoms with Crippen LogP contribution in [0.1, 0.15) is 23.6 Å². The van der Waals surface area contributed by atoms with Crippen LogP contribution in [0.25, 0.3) is 0 Å². The maximum Gasteiger partial charge on any atom is 0.414 e. The molecule has 0 unspecified atom stereocenters. The molecule has 2 N–H and O–H groups in total. The first-order valence-corrected chi connectivity index (χ1v) is 10.3. The third-order valence-corrected chi connectivity index (χ3v) is 5.33. The van der Waals surface area contributed by atoms with Crippen molar-refractivity contribution in [2.45, 2.75) is 26.4 Å². The number of rotatable bonds is 5. The van der Waals surface area contributed by atoms with E-state index in [1.54, 1.807) is 0 Å². The number of ether oxygens (including phenoxy) is 2. The zero-order valence-corrected chi connectivity index (χ0v) is 17.6. The average molecular weight is 428 g/mol. The molecule has 1 fully saturated rings. The quantitative estimate of drug-likeness (QED) is 0.701. The summed E-state index contributed by atoms with van der Waals surface area (Å²) in [4.78, 5) is 23.3. The van der Waals surface area contributed by atoms with E-state index in [1.807, 2.05) is 6.07 Å². The number of aliphatic carboxylic acids is 2. The van der Waals surface area contributed by atoms with Crippen LogP contribution in [0.2, 0.25) is 0 Å². The number of fused-ring (bicyclic) bond motifs is 1. The molecule has 8 heteroatoms. The van der Waals surface area contributed by atoms with E-state index in [2.05, 4.69) is 53.1 Å². The molecule has 4 rings (SSSR count). The van der Waals surface area contributed by atoms with Crippen molar-refractivity contribution in [2.24, 2.45) is 0 Å². The van der Waals surface area contributed by atoms with Gasteiger partial charge in [0.15, 0.2) is 11.5 Å². The first-order valence-electron chi connectivity index (χ1n) is 10.3. The largest absolute Gasteiger partial charge is 0.473 e. The molecular formula is C23H28N2O6. The van der Waals surface area contributed by atoms with E-state index in [0.29, 0.717) is 6.79 Å². The van der Waals surface area contributed by atoms with E-state index in [1.165, 1.54) is 16.7 Å². The van der Waals surface area contributed by atoms with Gasteiger partial charge in [0, 0.05) is 39.3 Å². The summed E-state index contributed by atoms with van der Waals surface area (Å²) < 4.78 is 10.9. The van der Waals surface area contributed by atoms with Crippen molar-refractivity contribution in [3.8, 4) is 11.5 Å². The molecule has 1 saturated heterocycles. The van der Waals surface area contributed by atoms with Crippen molar-refractivity contribution >= 4 is 11.9 Å². The van der Waals surface area contributed by atoms with Crippen molar-refractivity contribution in [1.29, 1.82) is 0 Å². The lowest BCUT2D eigenvalue weighted by Gasteiger charge is -2.34. The second-order valence-electron chi connectivity index (χ2n) is 7.52. The number of benzene rings is 2. The Morgan fingerprint density at radius 1 is 0.774 bits per heavy atom. The highest BCUT2D eigenvalue weighted by Crippen LogP contribution is 2.32. The fourth-order valence-electron chi connectivity index (χ4n) is 3.54. The Kier molecular flexibility index (Phi) is 7.86. The third kappa shape index (κ3) is 6.70. The molecule has 2 aromatic rings. The van der Waals surface area contributed by atoms with E-state index in [-0.39, 0.29) is 0 Å². The van der Waals surface area contributed by atoms with Gasteiger partial charge in [-0.05, 0) is 35.2 Å². The fourth-order valence-corrected chi connectivity index (χ4v) is 3.54. The molecule has 2 heterocycles. The number of hydrogen-bond acceptors (Lipinski definition) is 6. The summed E-state index contributed by atoms with van der Waals surface area (Å²) in [6.07, 6.45) is 1.11. The number of carboxylic acids is 2. The summed E-state index contributed by atoms with van der Waals surface area (Å²) in [5.74, 6) is -1.90. The minimum absolute atomic E-state index is 0.344. The van der Waals surface area contributed by atoms with E-state index in [0.717, 1.165) is 57.2 Å². The standard InChI is InChI=1S/C21H26N2O2.C2H2O4/c1-2-17-3-5-18(6-4-17)14-22-9-11-23(12-10-22)15-19-7-8-20-21(13-19)25-16-24-20;3-1(4)2(5)6/h3-8,13H,2,9-12,14-16H2,1H3;(H,3,4)(H,5,6). The van der Waals surface area contributed by atoms with Crippen LogP contribution in [0, 0.1) is 0 Å². The van der Waals surface area contributed by atoms with Crippen molar-refractivity contribution in [1.82, 2.24) is 9.80 Å². The van der Waals surface area contributed by atoms with Gasteiger partial charge in [-0.25, -0.2) is 9.59 Å². The Morgan fingerprint density at radius 3 is 1.81 bits per heavy atom. The SMILES string of the molecule is CCc1ccc(CN2CCN(Cc3ccc4c(c3)OCO4)CC2)cc1.O=C(O)C(=O)O. The molecule has 166 valence electrons. The molecule has 2 aliphatic heterocycles. The highest BCUT2D eigenvalue weighted by molar-refractivity contribution is 6.27. The smallest absolute Gasteiger partial charge is 0.414 e. The van der Waals surface area contributed by atoms with Crippen LogP contribution in [0.3, 0.4) is 0 Å². The topological polar surface area (TPSA) is 99.5 Å². The summed E-state index contributed by atoms with van der Waals surface area (Å²) >= 11 is 0. The zero-order chi connectivity index (χ0) is 22.2. The predicted molar refractivity (Wildman–Crippen MR) is 114 cm³/mol. The first-order chi connectivity index (χ1) is 14.9. The van der Waals surface area contributed by atoms with Crippen LogP contribution in [0.4, 0.5) is 0 Å². The highest BCUT2D eigenvalue weighted by Gasteiger charge is 2.19. The molecule has 0 spiro atoms. The lowest BCUT2D eigenvalue weighted by molar-refractivity contribution is -0.159. The number of carboxylic acid groups (broad SMARTS) is 2. The molecule has 0 atom stereocenters. The maximum atomic E-state index is 9.10. The van der Waals surface area contributed by atoms with Crippen molar-refractivity contribution < 1.29 is 29.3 Å². The van der Waals surface area contributed by atoms with Gasteiger partial charge in [-0.3, -0.25) is 9.80 Å². The van der Waals surface area contributed by atoms with Gasteiger partial charge in [-0.2, -0.15) is 0 Å². The Balaban J connectivity index is 0.000000401. The van der Waals surface area contributed by atoms with Gasteiger partial charge in [0.2, 0.25) is 6.79 Å². The number of aryl methyl sites for hydroxylation is 1. The summed E-state index contributed by atoms with van der Waals surface area (Å²) in [5, 5.41) is 14.8. The summed E-state index contributed by atoms with van der Waals surface area (Å²) in [5.41, 5.74) is 4.13. The monoisotopic (exact) mass is 428 g/mol.